The lowest BCUT2D eigenvalue weighted by molar-refractivity contribution is -0.118. The second-order valence-electron chi connectivity index (χ2n) is 8.60. The standard InChI is InChI=1S/C28H29N5O4S/c1-33(2)20-15-13-19(14-16-20)27-31-32-28(38-27)30-25(34)21(17-18-9-6-5-7-10-18)29-26(35)24-22(36-3)11-8-12-23(24)37-4/h5-16,21H,17H2,1-4H3,(H,29,35)(H,30,32,34). The van der Waals surface area contributed by atoms with Crippen LogP contribution < -0.4 is 25.0 Å². The lowest BCUT2D eigenvalue weighted by Gasteiger charge is -2.19. The molecule has 0 saturated heterocycles. The fourth-order valence-corrected chi connectivity index (χ4v) is 4.60. The highest BCUT2D eigenvalue weighted by molar-refractivity contribution is 7.18. The Labute approximate surface area is 225 Å². The Morgan fingerprint density at radius 2 is 1.55 bits per heavy atom. The van der Waals surface area contributed by atoms with Crippen LogP contribution in [0.3, 0.4) is 0 Å². The molecule has 4 aromatic rings. The van der Waals surface area contributed by atoms with Gasteiger partial charge in [-0.3, -0.25) is 14.9 Å². The van der Waals surface area contributed by atoms with Crippen LogP contribution in [0.1, 0.15) is 15.9 Å². The summed E-state index contributed by atoms with van der Waals surface area (Å²) in [6.07, 6.45) is 0.271. The molecule has 4 rings (SSSR count). The molecular weight excluding hydrogens is 502 g/mol. The third-order valence-corrected chi connectivity index (χ3v) is 6.73. The molecule has 2 N–H and O–H groups in total. The summed E-state index contributed by atoms with van der Waals surface area (Å²) in [4.78, 5) is 28.8. The molecule has 0 fully saturated rings. The van der Waals surface area contributed by atoms with Gasteiger partial charge in [-0.05, 0) is 42.0 Å². The molecule has 1 aromatic heterocycles. The lowest BCUT2D eigenvalue weighted by atomic mass is 10.0. The van der Waals surface area contributed by atoms with E-state index in [0.717, 1.165) is 16.8 Å². The first-order valence-electron chi connectivity index (χ1n) is 11.9. The average molecular weight is 532 g/mol. The van der Waals surface area contributed by atoms with Crippen molar-refractivity contribution in [3.63, 3.8) is 0 Å². The number of carbonyl (C=O) groups excluding carboxylic acids is 2. The molecule has 0 radical (unpaired) electrons. The predicted molar refractivity (Wildman–Crippen MR) is 149 cm³/mol. The number of ether oxygens (including phenoxy) is 2. The van der Waals surface area contributed by atoms with Gasteiger partial charge in [-0.1, -0.05) is 47.7 Å². The van der Waals surface area contributed by atoms with E-state index in [0.29, 0.717) is 21.6 Å². The van der Waals surface area contributed by atoms with Gasteiger partial charge in [0, 0.05) is 31.8 Å². The Morgan fingerprint density at radius 3 is 2.16 bits per heavy atom. The van der Waals surface area contributed by atoms with Crippen molar-refractivity contribution >= 4 is 34.0 Å². The smallest absolute Gasteiger partial charge is 0.259 e. The van der Waals surface area contributed by atoms with Crippen molar-refractivity contribution in [2.45, 2.75) is 12.5 Å². The average Bonchev–Trinajstić information content (AvgIpc) is 3.41. The first-order chi connectivity index (χ1) is 18.4. The molecule has 0 aliphatic rings. The van der Waals surface area contributed by atoms with Crippen LogP contribution in [0.25, 0.3) is 10.6 Å². The van der Waals surface area contributed by atoms with E-state index in [9.17, 15) is 9.59 Å². The third kappa shape index (κ3) is 6.27. The fraction of sp³-hybridized carbons (Fsp3) is 0.214. The van der Waals surface area contributed by atoms with E-state index in [1.807, 2.05) is 73.6 Å². The Hall–Kier alpha value is -4.44. The summed E-state index contributed by atoms with van der Waals surface area (Å²) in [6.45, 7) is 0. The van der Waals surface area contributed by atoms with Gasteiger partial charge in [-0.25, -0.2) is 0 Å². The van der Waals surface area contributed by atoms with E-state index < -0.39 is 17.9 Å². The zero-order chi connectivity index (χ0) is 27.1. The minimum absolute atomic E-state index is 0.211. The molecule has 0 spiro atoms. The highest BCUT2D eigenvalue weighted by Crippen LogP contribution is 2.29. The van der Waals surface area contributed by atoms with Crippen molar-refractivity contribution in [3.8, 4) is 22.1 Å². The molecule has 9 nitrogen and oxygen atoms in total. The Morgan fingerprint density at radius 1 is 0.895 bits per heavy atom. The van der Waals surface area contributed by atoms with E-state index in [2.05, 4.69) is 20.8 Å². The maximum Gasteiger partial charge on any atom is 0.259 e. The molecule has 3 aromatic carbocycles. The van der Waals surface area contributed by atoms with Crippen molar-refractivity contribution in [2.24, 2.45) is 0 Å². The molecule has 0 aliphatic carbocycles. The Balaban J connectivity index is 1.55. The second-order valence-corrected chi connectivity index (χ2v) is 9.57. The van der Waals surface area contributed by atoms with Gasteiger partial charge in [0.2, 0.25) is 11.0 Å². The maximum atomic E-state index is 13.4. The molecule has 10 heteroatoms. The van der Waals surface area contributed by atoms with Crippen LogP contribution in [0.5, 0.6) is 11.5 Å². The number of hydrogen-bond donors (Lipinski definition) is 2. The van der Waals surface area contributed by atoms with E-state index >= 15 is 0 Å². The van der Waals surface area contributed by atoms with E-state index in [-0.39, 0.29) is 12.0 Å². The summed E-state index contributed by atoms with van der Waals surface area (Å²) in [5.41, 5.74) is 3.06. The first kappa shape index (κ1) is 26.6. The molecule has 38 heavy (non-hydrogen) atoms. The van der Waals surface area contributed by atoms with Gasteiger partial charge in [-0.15, -0.1) is 10.2 Å². The summed E-state index contributed by atoms with van der Waals surface area (Å²) in [5.74, 6) is -0.222. The van der Waals surface area contributed by atoms with Gasteiger partial charge in [0.05, 0.1) is 14.2 Å². The van der Waals surface area contributed by atoms with Crippen LogP contribution in [-0.2, 0) is 11.2 Å². The van der Waals surface area contributed by atoms with Gasteiger partial charge in [0.25, 0.3) is 5.91 Å². The molecule has 0 bridgehead atoms. The Kier molecular flexibility index (Phi) is 8.55. The van der Waals surface area contributed by atoms with Crippen LogP contribution >= 0.6 is 11.3 Å². The van der Waals surface area contributed by atoms with E-state index in [1.165, 1.54) is 25.6 Å². The zero-order valence-electron chi connectivity index (χ0n) is 21.6. The quantitative estimate of drug-likeness (QED) is 0.315. The van der Waals surface area contributed by atoms with Crippen molar-refractivity contribution in [1.82, 2.24) is 15.5 Å². The number of nitrogens with zero attached hydrogens (tertiary/aromatic N) is 3. The Bertz CT molecular complexity index is 1370. The maximum absolute atomic E-state index is 13.4. The van der Waals surface area contributed by atoms with E-state index in [4.69, 9.17) is 9.47 Å². The molecule has 2 amide bonds. The topological polar surface area (TPSA) is 106 Å². The second kappa shape index (κ2) is 12.2. The lowest BCUT2D eigenvalue weighted by Crippen LogP contribution is -2.45. The summed E-state index contributed by atoms with van der Waals surface area (Å²) in [5, 5.41) is 15.1. The molecule has 0 aliphatic heterocycles. The van der Waals surface area contributed by atoms with Gasteiger partial charge in [0.15, 0.2) is 0 Å². The molecule has 1 heterocycles. The summed E-state index contributed by atoms with van der Waals surface area (Å²) in [6, 6.07) is 21.5. The van der Waals surface area contributed by atoms with E-state index in [1.54, 1.807) is 18.2 Å². The highest BCUT2D eigenvalue weighted by Gasteiger charge is 2.26. The summed E-state index contributed by atoms with van der Waals surface area (Å²) in [7, 11) is 6.89. The fourth-order valence-electron chi connectivity index (χ4n) is 3.85. The minimum atomic E-state index is -0.897. The monoisotopic (exact) mass is 531 g/mol. The van der Waals surface area contributed by atoms with Crippen LogP contribution in [0.4, 0.5) is 10.8 Å². The van der Waals surface area contributed by atoms with Gasteiger partial charge >= 0.3 is 0 Å². The molecule has 1 atom stereocenters. The number of methoxy groups -OCH3 is 2. The number of rotatable bonds is 10. The predicted octanol–water partition coefficient (Wildman–Crippen LogP) is 4.27. The van der Waals surface area contributed by atoms with Crippen molar-refractivity contribution in [2.75, 3.05) is 38.5 Å². The van der Waals surface area contributed by atoms with Gasteiger partial charge in [-0.2, -0.15) is 0 Å². The molecule has 1 unspecified atom stereocenters. The third-order valence-electron chi connectivity index (χ3n) is 5.85. The molecule has 196 valence electrons. The number of benzene rings is 3. The largest absolute Gasteiger partial charge is 0.496 e. The normalized spacial score (nSPS) is 11.4. The highest BCUT2D eigenvalue weighted by atomic mass is 32.1. The minimum Gasteiger partial charge on any atom is -0.496 e. The number of anilines is 2. The van der Waals surface area contributed by atoms with Crippen LogP contribution in [-0.4, -0.2) is 56.4 Å². The van der Waals surface area contributed by atoms with Gasteiger partial charge in [0.1, 0.15) is 28.1 Å². The SMILES string of the molecule is COc1cccc(OC)c1C(=O)NC(Cc1ccccc1)C(=O)Nc1nnc(-c2ccc(N(C)C)cc2)s1. The molecular formula is C28H29N5O4S. The van der Waals surface area contributed by atoms with Crippen molar-refractivity contribution in [1.29, 1.82) is 0 Å². The van der Waals surface area contributed by atoms with Crippen LogP contribution in [0.15, 0.2) is 72.8 Å². The number of aromatic nitrogens is 2. The number of nitrogens with one attached hydrogen (secondary N) is 2. The molecule has 0 saturated carbocycles. The summed E-state index contributed by atoms with van der Waals surface area (Å²) < 4.78 is 10.7. The first-order valence-corrected chi connectivity index (χ1v) is 12.7. The van der Waals surface area contributed by atoms with Gasteiger partial charge < -0.3 is 19.7 Å². The number of amides is 2. The zero-order valence-corrected chi connectivity index (χ0v) is 22.4. The van der Waals surface area contributed by atoms with Crippen molar-refractivity contribution < 1.29 is 19.1 Å². The number of hydrogen-bond acceptors (Lipinski definition) is 8. The number of carbonyl (C=O) groups is 2. The van der Waals surface area contributed by atoms with Crippen molar-refractivity contribution in [3.05, 3.63) is 83.9 Å². The van der Waals surface area contributed by atoms with Crippen LogP contribution in [0.2, 0.25) is 0 Å². The van der Waals surface area contributed by atoms with Crippen LogP contribution in [0, 0.1) is 0 Å². The summed E-state index contributed by atoms with van der Waals surface area (Å²) >= 11 is 1.26.